The molecule has 17 heavy (non-hydrogen) atoms. The van der Waals surface area contributed by atoms with E-state index in [0.29, 0.717) is 6.04 Å². The molecule has 1 unspecified atom stereocenters. The normalized spacial score (nSPS) is 12.9. The Kier molecular flexibility index (Phi) is 4.01. The molecule has 0 saturated carbocycles. The lowest BCUT2D eigenvalue weighted by Crippen LogP contribution is -2.18. The van der Waals surface area contributed by atoms with Crippen LogP contribution in [0.5, 0.6) is 0 Å². The van der Waals surface area contributed by atoms with Gasteiger partial charge in [-0.25, -0.2) is 0 Å². The van der Waals surface area contributed by atoms with Crippen LogP contribution in [0, 0.1) is 6.92 Å². The lowest BCUT2D eigenvalue weighted by Gasteiger charge is -2.12. The molecule has 1 N–H and O–H groups in total. The maximum Gasteiger partial charge on any atom is 0.0641 e. The van der Waals surface area contributed by atoms with Gasteiger partial charge in [0.15, 0.2) is 0 Å². The van der Waals surface area contributed by atoms with Gasteiger partial charge in [0.1, 0.15) is 0 Å². The molecule has 3 nitrogen and oxygen atoms in total. The van der Waals surface area contributed by atoms with E-state index in [0.717, 1.165) is 12.2 Å². The average Bonchev–Trinajstić information content (AvgIpc) is 2.81. The van der Waals surface area contributed by atoms with Crippen LogP contribution in [0.3, 0.4) is 0 Å². The van der Waals surface area contributed by atoms with Gasteiger partial charge in [0.2, 0.25) is 0 Å². The second-order valence-corrected chi connectivity index (χ2v) is 5.99. The summed E-state index contributed by atoms with van der Waals surface area (Å²) >= 11 is 5.31. The predicted octanol–water partition coefficient (Wildman–Crippen LogP) is 3.40. The molecular formula is C12H16BrN3S. The minimum atomic E-state index is 0.317. The topological polar surface area (TPSA) is 29.9 Å². The summed E-state index contributed by atoms with van der Waals surface area (Å²) in [5.41, 5.74) is 2.36. The number of rotatable bonds is 4. The van der Waals surface area contributed by atoms with Crippen molar-refractivity contribution in [2.24, 2.45) is 7.05 Å². The van der Waals surface area contributed by atoms with Crippen LogP contribution in [-0.2, 0) is 13.6 Å². The summed E-state index contributed by atoms with van der Waals surface area (Å²) in [4.78, 5) is 1.33. The quantitative estimate of drug-likeness (QED) is 0.937. The molecule has 0 aliphatic heterocycles. The first-order valence-electron chi connectivity index (χ1n) is 5.53. The Morgan fingerprint density at radius 3 is 2.88 bits per heavy atom. The Bertz CT molecular complexity index is 504. The predicted molar refractivity (Wildman–Crippen MR) is 75.2 cm³/mol. The molecule has 2 rings (SSSR count). The number of hydrogen-bond donors (Lipinski definition) is 1. The van der Waals surface area contributed by atoms with Gasteiger partial charge in [0, 0.05) is 40.7 Å². The van der Waals surface area contributed by atoms with Crippen molar-refractivity contribution in [2.75, 3.05) is 0 Å². The van der Waals surface area contributed by atoms with Crippen molar-refractivity contribution in [2.45, 2.75) is 26.4 Å². The molecule has 0 aliphatic rings. The van der Waals surface area contributed by atoms with Crippen molar-refractivity contribution < 1.29 is 0 Å². The minimum Gasteiger partial charge on any atom is -0.305 e. The molecule has 0 amide bonds. The Hall–Kier alpha value is -0.650. The van der Waals surface area contributed by atoms with E-state index in [1.54, 1.807) is 11.3 Å². The van der Waals surface area contributed by atoms with Gasteiger partial charge in [-0.05, 0) is 41.2 Å². The molecule has 5 heteroatoms. The second-order valence-electron chi connectivity index (χ2n) is 4.14. The van der Waals surface area contributed by atoms with E-state index in [4.69, 9.17) is 0 Å². The zero-order valence-corrected chi connectivity index (χ0v) is 12.6. The number of nitrogens with one attached hydrogen (secondary N) is 1. The molecule has 0 spiro atoms. The Balaban J connectivity index is 2.00. The highest BCUT2D eigenvalue weighted by atomic mass is 79.9. The summed E-state index contributed by atoms with van der Waals surface area (Å²) in [6.45, 7) is 5.11. The smallest absolute Gasteiger partial charge is 0.0641 e. The van der Waals surface area contributed by atoms with Gasteiger partial charge in [-0.3, -0.25) is 4.68 Å². The molecule has 0 bridgehead atoms. The molecule has 92 valence electrons. The summed E-state index contributed by atoms with van der Waals surface area (Å²) in [6.07, 6.45) is 2.08. The lowest BCUT2D eigenvalue weighted by molar-refractivity contribution is 0.575. The third-order valence-electron chi connectivity index (χ3n) is 2.78. The standard InChI is InChI=1S/C12H16BrN3S/c1-8(10-7-16(3)15-9(10)2)14-6-12-11(13)4-5-17-12/h4-5,7-8,14H,6H2,1-3H3. The van der Waals surface area contributed by atoms with E-state index < -0.39 is 0 Å². The highest BCUT2D eigenvalue weighted by Gasteiger charge is 2.11. The van der Waals surface area contributed by atoms with Crippen LogP contribution < -0.4 is 5.32 Å². The third kappa shape index (κ3) is 2.97. The number of hydrogen-bond acceptors (Lipinski definition) is 3. The fraction of sp³-hybridized carbons (Fsp3) is 0.417. The maximum atomic E-state index is 4.36. The van der Waals surface area contributed by atoms with Crippen molar-refractivity contribution in [3.8, 4) is 0 Å². The number of aromatic nitrogens is 2. The van der Waals surface area contributed by atoms with Crippen molar-refractivity contribution in [1.82, 2.24) is 15.1 Å². The summed E-state index contributed by atoms with van der Waals surface area (Å²) < 4.78 is 3.05. The fourth-order valence-corrected chi connectivity index (χ4v) is 3.29. The molecule has 2 aromatic rings. The Morgan fingerprint density at radius 2 is 2.35 bits per heavy atom. The van der Waals surface area contributed by atoms with Gasteiger partial charge >= 0.3 is 0 Å². The van der Waals surface area contributed by atoms with Crippen LogP contribution in [0.15, 0.2) is 22.1 Å². The molecule has 2 aromatic heterocycles. The second kappa shape index (κ2) is 5.33. The first-order valence-corrected chi connectivity index (χ1v) is 7.20. The highest BCUT2D eigenvalue weighted by Crippen LogP contribution is 2.23. The van der Waals surface area contributed by atoms with Gasteiger partial charge in [-0.15, -0.1) is 11.3 Å². The Labute approximate surface area is 114 Å². The SMILES string of the molecule is Cc1nn(C)cc1C(C)NCc1sccc1Br. The van der Waals surface area contributed by atoms with Crippen LogP contribution >= 0.6 is 27.3 Å². The number of halogens is 1. The Morgan fingerprint density at radius 1 is 1.59 bits per heavy atom. The largest absolute Gasteiger partial charge is 0.305 e. The van der Waals surface area contributed by atoms with Crippen LogP contribution in [-0.4, -0.2) is 9.78 Å². The highest BCUT2D eigenvalue weighted by molar-refractivity contribution is 9.10. The summed E-state index contributed by atoms with van der Waals surface area (Å²) in [7, 11) is 1.96. The van der Waals surface area contributed by atoms with E-state index in [1.807, 2.05) is 11.7 Å². The van der Waals surface area contributed by atoms with Gasteiger partial charge in [-0.2, -0.15) is 5.10 Å². The zero-order valence-electron chi connectivity index (χ0n) is 10.2. The van der Waals surface area contributed by atoms with Crippen molar-refractivity contribution in [3.63, 3.8) is 0 Å². The number of thiophene rings is 1. The number of aryl methyl sites for hydroxylation is 2. The van der Waals surface area contributed by atoms with E-state index in [2.05, 4.69) is 57.8 Å². The molecular weight excluding hydrogens is 298 g/mol. The maximum absolute atomic E-state index is 4.36. The van der Waals surface area contributed by atoms with Crippen LogP contribution in [0.4, 0.5) is 0 Å². The first kappa shape index (κ1) is 12.8. The van der Waals surface area contributed by atoms with E-state index in [1.165, 1.54) is 14.9 Å². The van der Waals surface area contributed by atoms with Gasteiger partial charge in [0.25, 0.3) is 0 Å². The van der Waals surface area contributed by atoms with Crippen LogP contribution in [0.2, 0.25) is 0 Å². The van der Waals surface area contributed by atoms with Gasteiger partial charge in [0.05, 0.1) is 5.69 Å². The summed E-state index contributed by atoms with van der Waals surface area (Å²) in [6, 6.07) is 2.40. The first-order chi connectivity index (χ1) is 8.08. The minimum absolute atomic E-state index is 0.317. The molecule has 2 heterocycles. The van der Waals surface area contributed by atoms with Crippen molar-refractivity contribution in [3.05, 3.63) is 38.3 Å². The monoisotopic (exact) mass is 313 g/mol. The molecule has 0 fully saturated rings. The van der Waals surface area contributed by atoms with E-state index in [-0.39, 0.29) is 0 Å². The summed E-state index contributed by atoms with van der Waals surface area (Å²) in [5, 5.41) is 9.99. The number of nitrogens with zero attached hydrogens (tertiary/aromatic N) is 2. The lowest BCUT2D eigenvalue weighted by atomic mass is 10.1. The summed E-state index contributed by atoms with van der Waals surface area (Å²) in [5.74, 6) is 0. The van der Waals surface area contributed by atoms with Gasteiger partial charge in [-0.1, -0.05) is 0 Å². The van der Waals surface area contributed by atoms with Crippen LogP contribution in [0.1, 0.15) is 29.1 Å². The van der Waals surface area contributed by atoms with E-state index in [9.17, 15) is 0 Å². The molecule has 1 atom stereocenters. The van der Waals surface area contributed by atoms with Crippen molar-refractivity contribution >= 4 is 27.3 Å². The molecule has 0 aromatic carbocycles. The fourth-order valence-electron chi connectivity index (χ4n) is 1.85. The van der Waals surface area contributed by atoms with E-state index >= 15 is 0 Å². The molecule has 0 saturated heterocycles. The van der Waals surface area contributed by atoms with Gasteiger partial charge < -0.3 is 5.32 Å². The molecule has 0 aliphatic carbocycles. The van der Waals surface area contributed by atoms with Crippen LogP contribution in [0.25, 0.3) is 0 Å². The molecule has 0 radical (unpaired) electrons. The average molecular weight is 314 g/mol. The third-order valence-corrected chi connectivity index (χ3v) is 4.70. The van der Waals surface area contributed by atoms with Crippen molar-refractivity contribution in [1.29, 1.82) is 0 Å². The zero-order chi connectivity index (χ0) is 12.4.